The van der Waals surface area contributed by atoms with Gasteiger partial charge < -0.3 is 15.2 Å². The number of benzene rings is 2. The highest BCUT2D eigenvalue weighted by atomic mass is 19.4. The Morgan fingerprint density at radius 2 is 1.88 bits per heavy atom. The van der Waals surface area contributed by atoms with Gasteiger partial charge in [0.15, 0.2) is 5.69 Å². The molecule has 0 aliphatic carbocycles. The van der Waals surface area contributed by atoms with E-state index in [2.05, 4.69) is 10.4 Å². The first-order valence-electron chi connectivity index (χ1n) is 9.68. The number of carboxylic acids is 1. The number of hydrogen-bond acceptors (Lipinski definition) is 4. The fraction of sp³-hybridized carbons (Fsp3) is 0.227. The van der Waals surface area contributed by atoms with E-state index in [1.54, 1.807) is 0 Å². The van der Waals surface area contributed by atoms with Crippen LogP contribution in [0, 0.1) is 0 Å². The number of rotatable bonds is 5. The maximum absolute atomic E-state index is 13.4. The predicted octanol–water partition coefficient (Wildman–Crippen LogP) is 3.88. The molecule has 2 N–H and O–H groups in total. The highest BCUT2D eigenvalue weighted by molar-refractivity contribution is 5.94. The number of alkyl halides is 3. The van der Waals surface area contributed by atoms with Gasteiger partial charge in [0.25, 0.3) is 5.91 Å². The highest BCUT2D eigenvalue weighted by Gasteiger charge is 2.40. The van der Waals surface area contributed by atoms with Crippen molar-refractivity contribution >= 4 is 11.9 Å². The Bertz CT molecular complexity index is 1170. The lowest BCUT2D eigenvalue weighted by Gasteiger charge is -2.20. The standard InChI is InChI=1S/C22H18F3N3O4/c1-12(17-11-32-18-5-3-2-4-15(17)18)27-20(29)13-6-8-14(9-7-13)28-19(22(23,24)25)16(10-26-28)21(30)31/h2-10,12,17H,11H2,1H3,(H,27,29)(H,30,31). The molecular weight excluding hydrogens is 427 g/mol. The number of fused-ring (bicyclic) bond motifs is 1. The second kappa shape index (κ2) is 8.03. The summed E-state index contributed by atoms with van der Waals surface area (Å²) >= 11 is 0. The number of nitrogens with zero attached hydrogens (tertiary/aromatic N) is 2. The van der Waals surface area contributed by atoms with Crippen molar-refractivity contribution in [2.24, 2.45) is 0 Å². The SMILES string of the molecule is CC(NC(=O)c1ccc(-n2ncc(C(=O)O)c2C(F)(F)F)cc1)C1COc2ccccc21. The first-order chi connectivity index (χ1) is 15.2. The van der Waals surface area contributed by atoms with E-state index in [4.69, 9.17) is 9.84 Å². The number of ether oxygens (including phenoxy) is 1. The van der Waals surface area contributed by atoms with Crippen molar-refractivity contribution < 1.29 is 32.6 Å². The van der Waals surface area contributed by atoms with E-state index in [1.165, 1.54) is 24.3 Å². The third kappa shape index (κ3) is 3.91. The Balaban J connectivity index is 1.52. The van der Waals surface area contributed by atoms with E-state index in [9.17, 15) is 22.8 Å². The minimum Gasteiger partial charge on any atom is -0.493 e. The van der Waals surface area contributed by atoms with Gasteiger partial charge >= 0.3 is 12.1 Å². The van der Waals surface area contributed by atoms with Crippen molar-refractivity contribution in [3.05, 3.63) is 77.1 Å². The molecular formula is C22H18F3N3O4. The van der Waals surface area contributed by atoms with Gasteiger partial charge in [0, 0.05) is 23.1 Å². The molecule has 7 nitrogen and oxygen atoms in total. The number of nitrogens with one attached hydrogen (secondary N) is 1. The van der Waals surface area contributed by atoms with Gasteiger partial charge in [-0.05, 0) is 37.3 Å². The Morgan fingerprint density at radius 1 is 1.19 bits per heavy atom. The number of amides is 1. The normalized spacial score (nSPS) is 16.2. The molecule has 0 spiro atoms. The van der Waals surface area contributed by atoms with Crippen molar-refractivity contribution in [3.8, 4) is 11.4 Å². The Kier molecular flexibility index (Phi) is 5.37. The smallest absolute Gasteiger partial charge is 0.434 e. The average Bonchev–Trinajstić information content (AvgIpc) is 3.38. The molecule has 0 saturated heterocycles. The summed E-state index contributed by atoms with van der Waals surface area (Å²) in [5.41, 5.74) is -1.12. The molecule has 0 saturated carbocycles. The summed E-state index contributed by atoms with van der Waals surface area (Å²) in [7, 11) is 0. The van der Waals surface area contributed by atoms with Gasteiger partial charge in [0.1, 0.15) is 11.3 Å². The number of aromatic carboxylic acids is 1. The van der Waals surface area contributed by atoms with Crippen molar-refractivity contribution in [3.63, 3.8) is 0 Å². The largest absolute Gasteiger partial charge is 0.493 e. The summed E-state index contributed by atoms with van der Waals surface area (Å²) in [6, 6.07) is 12.6. The third-order valence-electron chi connectivity index (χ3n) is 5.34. The molecule has 0 radical (unpaired) electrons. The maximum Gasteiger partial charge on any atom is 0.434 e. The Hall–Kier alpha value is -3.82. The van der Waals surface area contributed by atoms with Gasteiger partial charge in [-0.15, -0.1) is 0 Å². The van der Waals surface area contributed by atoms with E-state index >= 15 is 0 Å². The van der Waals surface area contributed by atoms with Crippen LogP contribution < -0.4 is 10.1 Å². The van der Waals surface area contributed by atoms with Crippen molar-refractivity contribution in [1.29, 1.82) is 0 Å². The molecule has 1 aliphatic rings. The van der Waals surface area contributed by atoms with Crippen LogP contribution in [0.15, 0.2) is 54.7 Å². The zero-order chi connectivity index (χ0) is 23.0. The molecule has 4 rings (SSSR count). The predicted molar refractivity (Wildman–Crippen MR) is 107 cm³/mol. The molecule has 2 atom stereocenters. The summed E-state index contributed by atoms with van der Waals surface area (Å²) in [5.74, 6) is -1.37. The lowest BCUT2D eigenvalue weighted by Crippen LogP contribution is -2.37. The van der Waals surface area contributed by atoms with Crippen LogP contribution in [0.25, 0.3) is 5.69 Å². The number of para-hydroxylation sites is 1. The molecule has 0 fully saturated rings. The minimum absolute atomic E-state index is 0.0208. The van der Waals surface area contributed by atoms with Gasteiger partial charge in [0.2, 0.25) is 0 Å². The van der Waals surface area contributed by atoms with E-state index in [-0.39, 0.29) is 23.2 Å². The molecule has 166 valence electrons. The number of carbonyl (C=O) groups is 2. The van der Waals surface area contributed by atoms with Crippen LogP contribution in [0.4, 0.5) is 13.2 Å². The molecule has 1 aromatic heterocycles. The van der Waals surface area contributed by atoms with Crippen LogP contribution in [0.2, 0.25) is 0 Å². The number of halogens is 3. The van der Waals surface area contributed by atoms with Crippen molar-refractivity contribution in [2.75, 3.05) is 6.61 Å². The lowest BCUT2D eigenvalue weighted by atomic mass is 9.94. The summed E-state index contributed by atoms with van der Waals surface area (Å²) in [6.45, 7) is 2.29. The van der Waals surface area contributed by atoms with Gasteiger partial charge in [0.05, 0.1) is 18.5 Å². The molecule has 10 heteroatoms. The fourth-order valence-electron chi connectivity index (χ4n) is 3.72. The summed E-state index contributed by atoms with van der Waals surface area (Å²) in [5, 5.41) is 15.5. The molecule has 2 aromatic carbocycles. The topological polar surface area (TPSA) is 93.5 Å². The summed E-state index contributed by atoms with van der Waals surface area (Å²) in [4.78, 5) is 23.8. The molecule has 1 amide bonds. The Morgan fingerprint density at radius 3 is 2.53 bits per heavy atom. The summed E-state index contributed by atoms with van der Waals surface area (Å²) < 4.78 is 46.3. The van der Waals surface area contributed by atoms with Crippen LogP contribution in [0.3, 0.4) is 0 Å². The number of hydrogen-bond donors (Lipinski definition) is 2. The van der Waals surface area contributed by atoms with E-state index in [0.717, 1.165) is 11.3 Å². The molecule has 2 heterocycles. The lowest BCUT2D eigenvalue weighted by molar-refractivity contribution is -0.143. The van der Waals surface area contributed by atoms with E-state index in [0.29, 0.717) is 17.5 Å². The zero-order valence-corrected chi connectivity index (χ0v) is 16.8. The fourth-order valence-corrected chi connectivity index (χ4v) is 3.72. The van der Waals surface area contributed by atoms with Crippen LogP contribution in [-0.4, -0.2) is 39.4 Å². The van der Waals surface area contributed by atoms with E-state index in [1.807, 2.05) is 31.2 Å². The molecule has 0 bridgehead atoms. The second-order valence-electron chi connectivity index (χ2n) is 7.39. The molecule has 1 aliphatic heterocycles. The van der Waals surface area contributed by atoms with Gasteiger partial charge in [-0.25, -0.2) is 9.48 Å². The number of carbonyl (C=O) groups excluding carboxylic acids is 1. The highest BCUT2D eigenvalue weighted by Crippen LogP contribution is 2.36. The number of aromatic nitrogens is 2. The molecule has 32 heavy (non-hydrogen) atoms. The average molecular weight is 445 g/mol. The molecule has 2 unspecified atom stereocenters. The van der Waals surface area contributed by atoms with Gasteiger partial charge in [-0.3, -0.25) is 4.79 Å². The van der Waals surface area contributed by atoms with Crippen LogP contribution in [0.1, 0.15) is 44.8 Å². The monoisotopic (exact) mass is 445 g/mol. The van der Waals surface area contributed by atoms with Crippen molar-refractivity contribution in [2.45, 2.75) is 25.1 Å². The minimum atomic E-state index is -4.92. The quantitative estimate of drug-likeness (QED) is 0.622. The first-order valence-corrected chi connectivity index (χ1v) is 9.68. The first kappa shape index (κ1) is 21.4. The zero-order valence-electron chi connectivity index (χ0n) is 16.8. The van der Waals surface area contributed by atoms with Crippen LogP contribution in [0.5, 0.6) is 5.75 Å². The van der Waals surface area contributed by atoms with E-state index < -0.39 is 29.3 Å². The van der Waals surface area contributed by atoms with Crippen LogP contribution in [-0.2, 0) is 6.18 Å². The second-order valence-corrected chi connectivity index (χ2v) is 7.39. The van der Waals surface area contributed by atoms with Gasteiger partial charge in [-0.2, -0.15) is 18.3 Å². The number of carboxylic acid groups (broad SMARTS) is 1. The van der Waals surface area contributed by atoms with Gasteiger partial charge in [-0.1, -0.05) is 18.2 Å². The Labute approximate surface area is 180 Å². The third-order valence-corrected chi connectivity index (χ3v) is 5.34. The maximum atomic E-state index is 13.4. The molecule has 3 aromatic rings. The van der Waals surface area contributed by atoms with Crippen LogP contribution >= 0.6 is 0 Å². The summed E-state index contributed by atoms with van der Waals surface area (Å²) in [6.07, 6.45) is -4.27. The van der Waals surface area contributed by atoms with Crippen molar-refractivity contribution in [1.82, 2.24) is 15.1 Å².